The normalized spacial score (nSPS) is 22.8. The highest BCUT2D eigenvalue weighted by Crippen LogP contribution is 2.42. The summed E-state index contributed by atoms with van der Waals surface area (Å²) in [6.45, 7) is 6.97. The summed E-state index contributed by atoms with van der Waals surface area (Å²) in [7, 11) is 0. The van der Waals surface area contributed by atoms with Crippen LogP contribution in [0.15, 0.2) is 59.3 Å². The summed E-state index contributed by atoms with van der Waals surface area (Å²) >= 11 is 0. The molecule has 4 aliphatic heterocycles. The fourth-order valence-electron chi connectivity index (χ4n) is 6.39. The lowest BCUT2D eigenvalue weighted by molar-refractivity contribution is 0.0747. The zero-order chi connectivity index (χ0) is 28.9. The van der Waals surface area contributed by atoms with Crippen LogP contribution < -0.4 is 16.0 Å². The third kappa shape index (κ3) is 4.68. The summed E-state index contributed by atoms with van der Waals surface area (Å²) in [6, 6.07) is 14.9. The van der Waals surface area contributed by atoms with Crippen molar-refractivity contribution in [1.82, 2.24) is 30.3 Å². The second-order valence-electron chi connectivity index (χ2n) is 12.0. The first kappa shape index (κ1) is 26.5. The Kier molecular flexibility index (Phi) is 6.43. The van der Waals surface area contributed by atoms with Gasteiger partial charge in [-0.05, 0) is 82.1 Å². The Balaban J connectivity index is 1.23. The minimum absolute atomic E-state index is 0.0539. The number of nitrogens with one attached hydrogen (secondary N) is 3. The van der Waals surface area contributed by atoms with Gasteiger partial charge in [-0.3, -0.25) is 4.79 Å². The molecule has 6 heterocycles. The fraction of sp³-hybridized carbons (Fsp3) is 0.387. The Hall–Kier alpha value is -4.35. The molecule has 3 saturated heterocycles. The molecule has 0 radical (unpaired) electrons. The van der Waals surface area contributed by atoms with Gasteiger partial charge in [0.15, 0.2) is 5.82 Å². The van der Waals surface area contributed by atoms with Crippen molar-refractivity contribution in [2.24, 2.45) is 0 Å². The monoisotopic (exact) mass is 566 g/mol. The van der Waals surface area contributed by atoms with Gasteiger partial charge < -0.3 is 30.5 Å². The molecule has 1 amide bonds. The van der Waals surface area contributed by atoms with Crippen molar-refractivity contribution in [2.45, 2.75) is 50.1 Å². The molecule has 216 valence electrons. The predicted molar refractivity (Wildman–Crippen MR) is 157 cm³/mol. The summed E-state index contributed by atoms with van der Waals surface area (Å²) in [5, 5.41) is 24.4. The van der Waals surface area contributed by atoms with Crippen molar-refractivity contribution in [3.63, 3.8) is 0 Å². The zero-order valence-corrected chi connectivity index (χ0v) is 23.7. The summed E-state index contributed by atoms with van der Waals surface area (Å²) in [4.78, 5) is 29.1. The lowest BCUT2D eigenvalue weighted by Crippen LogP contribution is -2.51. The van der Waals surface area contributed by atoms with Gasteiger partial charge in [0, 0.05) is 22.9 Å². The number of hydrogen-bond acceptors (Lipinski definition) is 10. The van der Waals surface area contributed by atoms with E-state index in [0.717, 1.165) is 61.5 Å². The molecule has 11 heteroatoms. The van der Waals surface area contributed by atoms with Crippen LogP contribution in [-0.4, -0.2) is 62.3 Å². The van der Waals surface area contributed by atoms with E-state index in [4.69, 9.17) is 14.5 Å². The van der Waals surface area contributed by atoms with E-state index in [1.165, 1.54) is 0 Å². The van der Waals surface area contributed by atoms with Crippen LogP contribution in [-0.2, 0) is 11.0 Å². The maximum absolute atomic E-state index is 12.4. The Morgan fingerprint density at radius 1 is 1.05 bits per heavy atom. The van der Waals surface area contributed by atoms with Gasteiger partial charge in [-0.1, -0.05) is 35.5 Å². The average Bonchev–Trinajstić information content (AvgIpc) is 3.60. The van der Waals surface area contributed by atoms with E-state index in [0.29, 0.717) is 28.8 Å². The Labute approximate surface area is 243 Å². The molecule has 1 atom stereocenters. The third-order valence-corrected chi connectivity index (χ3v) is 8.95. The number of aliphatic hydroxyl groups excluding tert-OH is 1. The number of aromatic nitrogens is 4. The van der Waals surface area contributed by atoms with Gasteiger partial charge in [0.1, 0.15) is 11.4 Å². The van der Waals surface area contributed by atoms with Gasteiger partial charge in [0.05, 0.1) is 18.2 Å². The van der Waals surface area contributed by atoms with Crippen LogP contribution >= 0.6 is 0 Å². The van der Waals surface area contributed by atoms with Crippen LogP contribution in [0.2, 0.25) is 0 Å². The molecule has 3 fully saturated rings. The van der Waals surface area contributed by atoms with Crippen molar-refractivity contribution in [3.8, 4) is 11.5 Å². The largest absolute Gasteiger partial charge is 0.394 e. The number of aliphatic hydroxyl groups is 1. The van der Waals surface area contributed by atoms with Crippen molar-refractivity contribution in [2.75, 3.05) is 36.9 Å². The number of carbonyl (C=O) groups is 1. The summed E-state index contributed by atoms with van der Waals surface area (Å²) < 4.78 is 5.83. The highest BCUT2D eigenvalue weighted by atomic mass is 16.5. The topological polar surface area (TPSA) is 141 Å². The van der Waals surface area contributed by atoms with Crippen LogP contribution in [0.4, 0.5) is 17.5 Å². The lowest BCUT2D eigenvalue weighted by atomic mass is 9.71. The molecule has 2 aromatic heterocycles. The molecule has 11 nitrogen and oxygen atoms in total. The minimum Gasteiger partial charge on any atom is -0.394 e. The number of amides is 1. The molecule has 8 rings (SSSR count). The molecule has 2 aromatic carbocycles. The van der Waals surface area contributed by atoms with Crippen molar-refractivity contribution >= 4 is 23.4 Å². The Bertz CT molecular complexity index is 1610. The average molecular weight is 567 g/mol. The Morgan fingerprint density at radius 2 is 1.81 bits per heavy atom. The van der Waals surface area contributed by atoms with E-state index in [-0.39, 0.29) is 17.9 Å². The van der Waals surface area contributed by atoms with Crippen LogP contribution in [0.1, 0.15) is 66.5 Å². The van der Waals surface area contributed by atoms with E-state index in [1.807, 2.05) is 62.4 Å². The number of hydrogen-bond donors (Lipinski definition) is 4. The Morgan fingerprint density at radius 3 is 2.55 bits per heavy atom. The molecule has 0 saturated carbocycles. The van der Waals surface area contributed by atoms with Gasteiger partial charge in [0.25, 0.3) is 11.8 Å². The number of benzene rings is 2. The smallest absolute Gasteiger partial charge is 0.263 e. The van der Waals surface area contributed by atoms with E-state index in [2.05, 4.69) is 31.0 Å². The minimum atomic E-state index is -0.477. The first-order valence-electron chi connectivity index (χ1n) is 14.4. The molecular weight excluding hydrogens is 532 g/mol. The predicted octanol–water partition coefficient (Wildman–Crippen LogP) is 4.13. The molecule has 1 unspecified atom stereocenters. The van der Waals surface area contributed by atoms with E-state index in [1.54, 1.807) is 6.20 Å². The molecule has 0 spiro atoms. The first-order chi connectivity index (χ1) is 20.3. The molecule has 42 heavy (non-hydrogen) atoms. The lowest BCUT2D eigenvalue weighted by Gasteiger charge is -2.46. The van der Waals surface area contributed by atoms with Crippen LogP contribution in [0.3, 0.4) is 0 Å². The van der Waals surface area contributed by atoms with Crippen LogP contribution in [0.5, 0.6) is 0 Å². The quantitative estimate of drug-likeness (QED) is 0.246. The van der Waals surface area contributed by atoms with Crippen LogP contribution in [0, 0.1) is 0 Å². The summed E-state index contributed by atoms with van der Waals surface area (Å²) in [5.74, 6) is 1.81. The maximum atomic E-state index is 12.4. The standard InChI is InChI=1S/C31H34N8O3/c1-30(2)23-16-20(8-9-21(23)26(41)37-30)33-29-32-17-22(25(35-29)34-24(18-40)19-6-4-3-5-7-19)27-36-28(38-42-27)31-10-13-39(14-11-31)15-12-31/h3-9,16-17,24,40H,10-15,18H2,1-2H3,(H,37,41)(H2,32,33,34,35). The van der Waals surface area contributed by atoms with Gasteiger partial charge in [-0.2, -0.15) is 9.97 Å². The second-order valence-corrected chi connectivity index (χ2v) is 12.0. The number of rotatable bonds is 8. The van der Waals surface area contributed by atoms with Crippen LogP contribution in [0.25, 0.3) is 11.5 Å². The van der Waals surface area contributed by atoms with E-state index >= 15 is 0 Å². The SMILES string of the molecule is CC1(C)NC(=O)c2ccc(Nc3ncc(-c4nc(C56CCN(CC5)CC6)no4)c(NC(CO)c4ccccc4)n3)cc21. The van der Waals surface area contributed by atoms with E-state index in [9.17, 15) is 9.90 Å². The summed E-state index contributed by atoms with van der Waals surface area (Å²) in [5.41, 5.74) is 3.26. The maximum Gasteiger partial charge on any atom is 0.263 e. The molecule has 4 aliphatic rings. The van der Waals surface area contributed by atoms with Gasteiger partial charge in [-0.15, -0.1) is 0 Å². The zero-order valence-electron chi connectivity index (χ0n) is 23.7. The number of anilines is 3. The number of carbonyl (C=O) groups excluding carboxylic acids is 1. The fourth-order valence-corrected chi connectivity index (χ4v) is 6.39. The summed E-state index contributed by atoms with van der Waals surface area (Å²) in [6.07, 6.45) is 4.74. The third-order valence-electron chi connectivity index (χ3n) is 8.95. The van der Waals surface area contributed by atoms with Gasteiger partial charge >= 0.3 is 0 Å². The number of fused-ring (bicyclic) bond motifs is 4. The number of piperidine rings is 3. The molecular formula is C31H34N8O3. The van der Waals surface area contributed by atoms with Crippen molar-refractivity contribution < 1.29 is 14.4 Å². The highest BCUT2D eigenvalue weighted by molar-refractivity contribution is 6.00. The molecule has 2 bridgehead atoms. The van der Waals surface area contributed by atoms with E-state index < -0.39 is 11.6 Å². The second kappa shape index (κ2) is 10.2. The highest BCUT2D eigenvalue weighted by Gasteiger charge is 2.44. The first-order valence-corrected chi connectivity index (χ1v) is 14.4. The molecule has 4 N–H and O–H groups in total. The molecule has 4 aromatic rings. The van der Waals surface area contributed by atoms with Gasteiger partial charge in [-0.25, -0.2) is 4.98 Å². The molecule has 0 aliphatic carbocycles. The van der Waals surface area contributed by atoms with Crippen molar-refractivity contribution in [1.29, 1.82) is 0 Å². The van der Waals surface area contributed by atoms with Crippen molar-refractivity contribution in [3.05, 3.63) is 77.2 Å². The van der Waals surface area contributed by atoms with Gasteiger partial charge in [0.2, 0.25) is 5.95 Å². The number of nitrogens with zero attached hydrogens (tertiary/aromatic N) is 5.